The summed E-state index contributed by atoms with van der Waals surface area (Å²) in [7, 11) is 4.19. The van der Waals surface area contributed by atoms with E-state index in [0.29, 0.717) is 10.9 Å². The van der Waals surface area contributed by atoms with Gasteiger partial charge in [-0.1, -0.05) is 26.1 Å². The number of likely N-dealkylation sites (N-methyl/N-ethyl adjacent to an activating group) is 1. The Kier molecular flexibility index (Phi) is 6.92. The van der Waals surface area contributed by atoms with Crippen molar-refractivity contribution < 1.29 is 0 Å². The molecule has 20 heavy (non-hydrogen) atoms. The number of rotatable bonds is 7. The molecule has 0 spiro atoms. The molecule has 0 atom stereocenters. The molecule has 0 saturated carbocycles. The van der Waals surface area contributed by atoms with Gasteiger partial charge in [0.2, 0.25) is 0 Å². The third kappa shape index (κ3) is 5.38. The molecule has 0 unspecified atom stereocenters. The summed E-state index contributed by atoms with van der Waals surface area (Å²) in [5, 5.41) is 0. The monoisotopic (exact) mass is 357 g/mol. The van der Waals surface area contributed by atoms with Crippen LogP contribution in [-0.4, -0.2) is 43.6 Å². The van der Waals surface area contributed by atoms with Gasteiger partial charge in [-0.2, -0.15) is 0 Å². The van der Waals surface area contributed by atoms with E-state index in [2.05, 4.69) is 65.8 Å². The van der Waals surface area contributed by atoms with E-state index in [1.807, 2.05) is 6.07 Å². The van der Waals surface area contributed by atoms with Crippen LogP contribution in [0, 0.1) is 5.92 Å². The van der Waals surface area contributed by atoms with Crippen molar-refractivity contribution >= 4 is 38.8 Å². The largest absolute Gasteiger partial charge is 0.389 e. The summed E-state index contributed by atoms with van der Waals surface area (Å²) in [4.78, 5) is 5.02. The SMILES string of the molecule is CC(C)CN(CCN(C)C)c1ccc(C(N)=S)c(Br)c1. The van der Waals surface area contributed by atoms with Crippen molar-refractivity contribution in [1.29, 1.82) is 0 Å². The molecule has 0 aliphatic heterocycles. The minimum atomic E-state index is 0.423. The third-order valence-electron chi connectivity index (χ3n) is 2.99. The maximum absolute atomic E-state index is 5.70. The standard InChI is InChI=1S/C15H24BrN3S/c1-11(2)10-19(8-7-18(3)4)12-5-6-13(15(17)20)14(16)9-12/h5-6,9,11H,7-8,10H2,1-4H3,(H2,17,20). The molecule has 0 amide bonds. The second-order valence-electron chi connectivity index (χ2n) is 5.67. The summed E-state index contributed by atoms with van der Waals surface area (Å²) >= 11 is 8.60. The molecule has 0 saturated heterocycles. The van der Waals surface area contributed by atoms with E-state index in [4.69, 9.17) is 18.0 Å². The first-order valence-corrected chi connectivity index (χ1v) is 8.00. The maximum Gasteiger partial charge on any atom is 0.105 e. The number of hydrogen-bond acceptors (Lipinski definition) is 3. The minimum Gasteiger partial charge on any atom is -0.389 e. The zero-order valence-electron chi connectivity index (χ0n) is 12.7. The van der Waals surface area contributed by atoms with Gasteiger partial charge in [-0.3, -0.25) is 0 Å². The van der Waals surface area contributed by atoms with Gasteiger partial charge >= 0.3 is 0 Å². The molecule has 1 aromatic carbocycles. The Morgan fingerprint density at radius 3 is 2.40 bits per heavy atom. The van der Waals surface area contributed by atoms with Crippen LogP contribution in [0.25, 0.3) is 0 Å². The highest BCUT2D eigenvalue weighted by Gasteiger charge is 2.11. The normalized spacial score (nSPS) is 11.2. The Morgan fingerprint density at radius 2 is 1.95 bits per heavy atom. The van der Waals surface area contributed by atoms with Crippen LogP contribution in [0.15, 0.2) is 22.7 Å². The van der Waals surface area contributed by atoms with Crippen LogP contribution in [0.4, 0.5) is 5.69 Å². The summed E-state index contributed by atoms with van der Waals surface area (Å²) in [6.07, 6.45) is 0. The third-order valence-corrected chi connectivity index (χ3v) is 3.86. The molecule has 1 aromatic rings. The fraction of sp³-hybridized carbons (Fsp3) is 0.533. The summed E-state index contributed by atoms with van der Waals surface area (Å²) in [6, 6.07) is 6.19. The maximum atomic E-state index is 5.70. The molecule has 0 radical (unpaired) electrons. The van der Waals surface area contributed by atoms with Gasteiger partial charge in [0.25, 0.3) is 0 Å². The van der Waals surface area contributed by atoms with E-state index in [-0.39, 0.29) is 0 Å². The Hall–Kier alpha value is -0.650. The van der Waals surface area contributed by atoms with E-state index in [9.17, 15) is 0 Å². The van der Waals surface area contributed by atoms with Crippen molar-refractivity contribution in [2.75, 3.05) is 38.6 Å². The molecule has 1 rings (SSSR count). The second kappa shape index (κ2) is 7.96. The lowest BCUT2D eigenvalue weighted by Gasteiger charge is -2.28. The molecule has 3 nitrogen and oxygen atoms in total. The fourth-order valence-corrected chi connectivity index (χ4v) is 2.88. The first kappa shape index (κ1) is 17.4. The van der Waals surface area contributed by atoms with Gasteiger partial charge in [0.1, 0.15) is 4.99 Å². The van der Waals surface area contributed by atoms with E-state index >= 15 is 0 Å². The van der Waals surface area contributed by atoms with E-state index in [1.165, 1.54) is 5.69 Å². The van der Waals surface area contributed by atoms with Crippen molar-refractivity contribution in [2.45, 2.75) is 13.8 Å². The van der Waals surface area contributed by atoms with E-state index < -0.39 is 0 Å². The first-order valence-electron chi connectivity index (χ1n) is 6.80. The van der Waals surface area contributed by atoms with Gasteiger partial charge in [-0.05, 0) is 54.1 Å². The topological polar surface area (TPSA) is 32.5 Å². The van der Waals surface area contributed by atoms with Crippen LogP contribution in [-0.2, 0) is 0 Å². The van der Waals surface area contributed by atoms with Crippen molar-refractivity contribution in [1.82, 2.24) is 4.90 Å². The molecule has 2 N–H and O–H groups in total. The van der Waals surface area contributed by atoms with Crippen LogP contribution in [0.5, 0.6) is 0 Å². The number of benzene rings is 1. The van der Waals surface area contributed by atoms with Gasteiger partial charge in [0.05, 0.1) is 0 Å². The smallest absolute Gasteiger partial charge is 0.105 e. The lowest BCUT2D eigenvalue weighted by atomic mass is 10.1. The lowest BCUT2D eigenvalue weighted by Crippen LogP contribution is -2.34. The average Bonchev–Trinajstić information content (AvgIpc) is 2.33. The van der Waals surface area contributed by atoms with Gasteiger partial charge < -0.3 is 15.5 Å². The van der Waals surface area contributed by atoms with Crippen LogP contribution < -0.4 is 10.6 Å². The number of hydrogen-bond donors (Lipinski definition) is 1. The molecule has 0 fully saturated rings. The zero-order valence-corrected chi connectivity index (χ0v) is 15.1. The molecule has 0 aliphatic carbocycles. The highest BCUT2D eigenvalue weighted by atomic mass is 79.9. The highest BCUT2D eigenvalue weighted by Crippen LogP contribution is 2.25. The molecular weight excluding hydrogens is 334 g/mol. The fourth-order valence-electron chi connectivity index (χ4n) is 1.99. The van der Waals surface area contributed by atoms with Crippen LogP contribution >= 0.6 is 28.1 Å². The molecule has 112 valence electrons. The molecule has 0 bridgehead atoms. The Balaban J connectivity index is 2.95. The number of halogens is 1. The Morgan fingerprint density at radius 1 is 1.30 bits per heavy atom. The number of nitrogens with two attached hydrogens (primary N) is 1. The summed E-state index contributed by atoms with van der Waals surface area (Å²) < 4.78 is 0.959. The molecule has 5 heteroatoms. The number of thiocarbonyl (C=S) groups is 1. The summed E-state index contributed by atoms with van der Waals surface area (Å²) in [6.45, 7) is 7.54. The van der Waals surface area contributed by atoms with Crippen molar-refractivity contribution in [3.63, 3.8) is 0 Å². The van der Waals surface area contributed by atoms with Gasteiger partial charge in [-0.15, -0.1) is 0 Å². The first-order chi connectivity index (χ1) is 9.31. The molecule has 0 aliphatic rings. The van der Waals surface area contributed by atoms with E-state index in [0.717, 1.165) is 29.7 Å². The van der Waals surface area contributed by atoms with Crippen molar-refractivity contribution in [3.8, 4) is 0 Å². The molecule has 0 heterocycles. The summed E-state index contributed by atoms with van der Waals surface area (Å²) in [5.41, 5.74) is 7.79. The lowest BCUT2D eigenvalue weighted by molar-refractivity contribution is 0.409. The predicted molar refractivity (Wildman–Crippen MR) is 95.6 cm³/mol. The number of anilines is 1. The minimum absolute atomic E-state index is 0.423. The van der Waals surface area contributed by atoms with Gasteiger partial charge in [-0.25, -0.2) is 0 Å². The zero-order chi connectivity index (χ0) is 15.3. The molecule has 0 aromatic heterocycles. The Bertz CT molecular complexity index is 460. The number of nitrogens with zero attached hydrogens (tertiary/aromatic N) is 2. The van der Waals surface area contributed by atoms with E-state index in [1.54, 1.807) is 0 Å². The molecular formula is C15H24BrN3S. The van der Waals surface area contributed by atoms with Crippen molar-refractivity contribution in [3.05, 3.63) is 28.2 Å². The quantitative estimate of drug-likeness (QED) is 0.760. The summed E-state index contributed by atoms with van der Waals surface area (Å²) in [5.74, 6) is 0.617. The average molecular weight is 358 g/mol. The highest BCUT2D eigenvalue weighted by molar-refractivity contribution is 9.10. The predicted octanol–water partition coefficient (Wildman–Crippen LogP) is 3.11. The van der Waals surface area contributed by atoms with Crippen LogP contribution in [0.2, 0.25) is 0 Å². The Labute approximate surface area is 136 Å². The van der Waals surface area contributed by atoms with Crippen molar-refractivity contribution in [2.24, 2.45) is 11.7 Å². The van der Waals surface area contributed by atoms with Gasteiger partial charge in [0.15, 0.2) is 0 Å². The van der Waals surface area contributed by atoms with Gasteiger partial charge in [0, 0.05) is 35.4 Å². The second-order valence-corrected chi connectivity index (χ2v) is 6.97. The van der Waals surface area contributed by atoms with Crippen LogP contribution in [0.1, 0.15) is 19.4 Å². The van der Waals surface area contributed by atoms with Crippen LogP contribution in [0.3, 0.4) is 0 Å².